The second-order valence-corrected chi connectivity index (χ2v) is 5.70. The van der Waals surface area contributed by atoms with Crippen LogP contribution in [0.1, 0.15) is 11.4 Å². The fourth-order valence-corrected chi connectivity index (χ4v) is 2.47. The maximum Gasteiger partial charge on any atom is 0.157 e. The minimum absolute atomic E-state index is 0.0229. The molecule has 6 heteroatoms. The molecule has 1 heterocycles. The normalized spacial score (nSPS) is 11.4. The molecule has 2 N–H and O–H groups in total. The Morgan fingerprint density at radius 2 is 2.12 bits per heavy atom. The summed E-state index contributed by atoms with van der Waals surface area (Å²) in [4.78, 5) is 4.15. The van der Waals surface area contributed by atoms with E-state index in [-0.39, 0.29) is 18.1 Å². The quantitative estimate of drug-likeness (QED) is 0.804. The third-order valence-corrected chi connectivity index (χ3v) is 3.61. The van der Waals surface area contributed by atoms with Gasteiger partial charge in [0.05, 0.1) is 24.3 Å². The molecular formula is C10H16N2O3S. The molecule has 90 valence electrons. The molecule has 0 aliphatic rings. The van der Waals surface area contributed by atoms with Crippen molar-refractivity contribution >= 4 is 9.84 Å². The average molecular weight is 244 g/mol. The van der Waals surface area contributed by atoms with E-state index in [2.05, 4.69) is 4.98 Å². The molecule has 0 aromatic carbocycles. The highest BCUT2D eigenvalue weighted by Gasteiger charge is 2.12. The van der Waals surface area contributed by atoms with Crippen LogP contribution in [0.5, 0.6) is 5.75 Å². The van der Waals surface area contributed by atoms with Crippen LogP contribution in [0.3, 0.4) is 0 Å². The zero-order valence-electron chi connectivity index (χ0n) is 9.43. The summed E-state index contributed by atoms with van der Waals surface area (Å²) in [7, 11) is -1.63. The number of nitrogens with zero attached hydrogens (tertiary/aromatic N) is 1. The molecule has 0 bridgehead atoms. The number of pyridine rings is 1. The highest BCUT2D eigenvalue weighted by atomic mass is 32.2. The van der Waals surface area contributed by atoms with E-state index in [1.807, 2.05) is 0 Å². The van der Waals surface area contributed by atoms with Gasteiger partial charge in [0.2, 0.25) is 0 Å². The molecule has 1 aromatic heterocycles. The van der Waals surface area contributed by atoms with E-state index in [0.717, 1.165) is 5.69 Å². The number of hydrogen-bond donors (Lipinski definition) is 1. The largest absolute Gasteiger partial charge is 0.497 e. The number of rotatable bonds is 5. The Labute approximate surface area is 95.6 Å². The average Bonchev–Trinajstić information content (AvgIpc) is 2.15. The molecule has 0 unspecified atom stereocenters. The number of aromatic nitrogens is 1. The van der Waals surface area contributed by atoms with Crippen molar-refractivity contribution in [2.75, 3.05) is 19.4 Å². The summed E-state index contributed by atoms with van der Waals surface area (Å²) < 4.78 is 28.2. The molecule has 1 aromatic rings. The monoisotopic (exact) mass is 244 g/mol. The van der Waals surface area contributed by atoms with E-state index in [1.54, 1.807) is 19.1 Å². The second-order valence-electron chi connectivity index (χ2n) is 3.52. The van der Waals surface area contributed by atoms with E-state index in [1.165, 1.54) is 7.11 Å². The molecular weight excluding hydrogens is 228 g/mol. The standard InChI is InChI=1S/C10H16N2O3S/c1-8-5-10(15-2)6-9(12-8)7-16(13,14)4-3-11/h5-6H,3-4,7,11H2,1-2H3. The first kappa shape index (κ1) is 12.9. The van der Waals surface area contributed by atoms with Crippen LogP contribution in [0.25, 0.3) is 0 Å². The zero-order chi connectivity index (χ0) is 12.2. The van der Waals surface area contributed by atoms with Crippen molar-refractivity contribution in [2.24, 2.45) is 5.73 Å². The summed E-state index contributed by atoms with van der Waals surface area (Å²) in [6.07, 6.45) is 0. The van der Waals surface area contributed by atoms with Crippen LogP contribution in [0.4, 0.5) is 0 Å². The van der Waals surface area contributed by atoms with E-state index >= 15 is 0 Å². The van der Waals surface area contributed by atoms with Gasteiger partial charge in [0.15, 0.2) is 9.84 Å². The smallest absolute Gasteiger partial charge is 0.157 e. The van der Waals surface area contributed by atoms with Crippen LogP contribution >= 0.6 is 0 Å². The third kappa shape index (κ3) is 3.79. The van der Waals surface area contributed by atoms with Crippen molar-refractivity contribution in [2.45, 2.75) is 12.7 Å². The molecule has 0 amide bonds. The summed E-state index contributed by atoms with van der Waals surface area (Å²) in [6.45, 7) is 1.92. The lowest BCUT2D eigenvalue weighted by atomic mass is 10.3. The number of ether oxygens (including phenoxy) is 1. The van der Waals surface area contributed by atoms with Crippen molar-refractivity contribution < 1.29 is 13.2 Å². The van der Waals surface area contributed by atoms with Gasteiger partial charge in [0.25, 0.3) is 0 Å². The predicted octanol–water partition coefficient (Wildman–Crippen LogP) is 0.272. The minimum atomic E-state index is -3.17. The van der Waals surface area contributed by atoms with Crippen molar-refractivity contribution in [3.05, 3.63) is 23.5 Å². The Morgan fingerprint density at radius 3 is 2.69 bits per heavy atom. The van der Waals surface area contributed by atoms with E-state index < -0.39 is 9.84 Å². The van der Waals surface area contributed by atoms with Gasteiger partial charge >= 0.3 is 0 Å². The van der Waals surface area contributed by atoms with Crippen molar-refractivity contribution in [3.63, 3.8) is 0 Å². The highest BCUT2D eigenvalue weighted by Crippen LogP contribution is 2.15. The molecule has 0 atom stereocenters. The SMILES string of the molecule is COc1cc(C)nc(CS(=O)(=O)CCN)c1. The summed E-state index contributed by atoms with van der Waals surface area (Å²) >= 11 is 0. The summed E-state index contributed by atoms with van der Waals surface area (Å²) in [5.41, 5.74) is 6.45. The van der Waals surface area contributed by atoms with Crippen LogP contribution in [-0.2, 0) is 15.6 Å². The molecule has 0 aliphatic carbocycles. The summed E-state index contributed by atoms with van der Waals surface area (Å²) in [5.74, 6) is 0.498. The number of sulfone groups is 1. The predicted molar refractivity (Wildman–Crippen MR) is 62.1 cm³/mol. The van der Waals surface area contributed by atoms with Crippen LogP contribution in [0.15, 0.2) is 12.1 Å². The number of hydrogen-bond acceptors (Lipinski definition) is 5. The number of methoxy groups -OCH3 is 1. The molecule has 0 spiro atoms. The van der Waals surface area contributed by atoms with E-state index in [9.17, 15) is 8.42 Å². The van der Waals surface area contributed by atoms with Crippen LogP contribution in [0.2, 0.25) is 0 Å². The highest BCUT2D eigenvalue weighted by molar-refractivity contribution is 7.90. The Kier molecular flexibility index (Phi) is 4.26. The van der Waals surface area contributed by atoms with E-state index in [0.29, 0.717) is 11.4 Å². The van der Waals surface area contributed by atoms with Gasteiger partial charge in [-0.1, -0.05) is 0 Å². The van der Waals surface area contributed by atoms with Gasteiger partial charge < -0.3 is 10.5 Å². The lowest BCUT2D eigenvalue weighted by Crippen LogP contribution is -2.17. The van der Waals surface area contributed by atoms with Crippen molar-refractivity contribution in [3.8, 4) is 5.75 Å². The molecule has 1 rings (SSSR count). The second kappa shape index (κ2) is 5.27. The lowest BCUT2D eigenvalue weighted by Gasteiger charge is -2.06. The Bertz CT molecular complexity index is 457. The fraction of sp³-hybridized carbons (Fsp3) is 0.500. The van der Waals surface area contributed by atoms with Crippen LogP contribution in [0, 0.1) is 6.92 Å². The van der Waals surface area contributed by atoms with Gasteiger partial charge in [0, 0.05) is 24.4 Å². The first-order valence-electron chi connectivity index (χ1n) is 4.89. The zero-order valence-corrected chi connectivity index (χ0v) is 10.3. The molecule has 0 saturated carbocycles. The van der Waals surface area contributed by atoms with Gasteiger partial charge in [-0.25, -0.2) is 8.42 Å². The van der Waals surface area contributed by atoms with Gasteiger partial charge in [0.1, 0.15) is 5.75 Å². The van der Waals surface area contributed by atoms with Crippen molar-refractivity contribution in [1.29, 1.82) is 0 Å². The van der Waals surface area contributed by atoms with Gasteiger partial charge in [-0.05, 0) is 6.92 Å². The van der Waals surface area contributed by atoms with Crippen molar-refractivity contribution in [1.82, 2.24) is 4.98 Å². The van der Waals surface area contributed by atoms with E-state index in [4.69, 9.17) is 10.5 Å². The van der Waals surface area contributed by atoms with Gasteiger partial charge in [-0.15, -0.1) is 0 Å². The molecule has 0 radical (unpaired) electrons. The maximum absolute atomic E-state index is 11.6. The molecule has 0 fully saturated rings. The first-order valence-corrected chi connectivity index (χ1v) is 6.71. The van der Waals surface area contributed by atoms with Gasteiger partial charge in [-0.2, -0.15) is 0 Å². The Morgan fingerprint density at radius 1 is 1.44 bits per heavy atom. The molecule has 5 nitrogen and oxygen atoms in total. The summed E-state index contributed by atoms with van der Waals surface area (Å²) in [6, 6.07) is 3.38. The molecule has 16 heavy (non-hydrogen) atoms. The molecule has 0 saturated heterocycles. The minimum Gasteiger partial charge on any atom is -0.497 e. The Hall–Kier alpha value is -1.14. The third-order valence-electron chi connectivity index (χ3n) is 2.01. The first-order chi connectivity index (χ1) is 7.46. The van der Waals surface area contributed by atoms with Gasteiger partial charge in [-0.3, -0.25) is 4.98 Å². The Balaban J connectivity index is 2.93. The lowest BCUT2D eigenvalue weighted by molar-refractivity contribution is 0.413. The number of nitrogens with two attached hydrogens (primary N) is 1. The van der Waals surface area contributed by atoms with Crippen LogP contribution in [-0.4, -0.2) is 32.8 Å². The topological polar surface area (TPSA) is 82.3 Å². The molecule has 0 aliphatic heterocycles. The fourth-order valence-electron chi connectivity index (χ4n) is 1.37. The number of aryl methyl sites for hydroxylation is 1. The maximum atomic E-state index is 11.6. The van der Waals surface area contributed by atoms with Crippen LogP contribution < -0.4 is 10.5 Å². The summed E-state index contributed by atoms with van der Waals surface area (Å²) in [5, 5.41) is 0.